The number of carbonyl (C=O) groups excluding carboxylic acids is 2. The van der Waals surface area contributed by atoms with Gasteiger partial charge in [-0.1, -0.05) is 23.8 Å². The van der Waals surface area contributed by atoms with Crippen LogP contribution in [-0.4, -0.2) is 43.5 Å². The van der Waals surface area contributed by atoms with E-state index in [1.807, 2.05) is 51.1 Å². The molecule has 1 heterocycles. The first-order valence-electron chi connectivity index (χ1n) is 9.54. The Hall–Kier alpha value is -3.28. The van der Waals surface area contributed by atoms with Crippen LogP contribution in [0.15, 0.2) is 36.4 Å². The third kappa shape index (κ3) is 5.16. The van der Waals surface area contributed by atoms with Gasteiger partial charge in [0.25, 0.3) is 0 Å². The predicted octanol–water partition coefficient (Wildman–Crippen LogP) is 3.49. The molecule has 6 heteroatoms. The van der Waals surface area contributed by atoms with Crippen LogP contribution in [0.1, 0.15) is 22.3 Å². The van der Waals surface area contributed by atoms with Gasteiger partial charge in [-0.15, -0.1) is 0 Å². The summed E-state index contributed by atoms with van der Waals surface area (Å²) in [5, 5.41) is 2.91. The number of benzene rings is 2. The number of aryl methyl sites for hydroxylation is 3. The molecule has 0 spiro atoms. The molecular weight excluding hydrogens is 368 g/mol. The molecule has 0 atom stereocenters. The summed E-state index contributed by atoms with van der Waals surface area (Å²) in [4.78, 5) is 26.1. The molecule has 0 unspecified atom stereocenters. The summed E-state index contributed by atoms with van der Waals surface area (Å²) in [6.45, 7) is 6.95. The van der Waals surface area contributed by atoms with Crippen LogP contribution in [0.2, 0.25) is 0 Å². The van der Waals surface area contributed by atoms with Crippen molar-refractivity contribution in [1.29, 1.82) is 0 Å². The molecule has 3 rings (SSSR count). The highest BCUT2D eigenvalue weighted by Gasteiger charge is 2.14. The van der Waals surface area contributed by atoms with E-state index in [-0.39, 0.29) is 18.4 Å². The Balaban J connectivity index is 1.59. The number of rotatable bonds is 5. The van der Waals surface area contributed by atoms with Gasteiger partial charge >= 0.3 is 0 Å². The van der Waals surface area contributed by atoms with Crippen molar-refractivity contribution in [3.8, 4) is 11.5 Å². The first-order chi connectivity index (χ1) is 13.8. The van der Waals surface area contributed by atoms with Gasteiger partial charge in [0.15, 0.2) is 11.5 Å². The Morgan fingerprint density at radius 3 is 2.38 bits per heavy atom. The lowest BCUT2D eigenvalue weighted by Crippen LogP contribution is -2.34. The lowest BCUT2D eigenvalue weighted by molar-refractivity contribution is -0.129. The minimum atomic E-state index is -0.257. The molecule has 2 aromatic rings. The maximum absolute atomic E-state index is 12.4. The number of hydrogen-bond acceptors (Lipinski definition) is 4. The quantitative estimate of drug-likeness (QED) is 0.789. The van der Waals surface area contributed by atoms with Crippen LogP contribution in [0.25, 0.3) is 6.08 Å². The number of amides is 2. The van der Waals surface area contributed by atoms with Gasteiger partial charge in [-0.25, -0.2) is 0 Å². The topological polar surface area (TPSA) is 67.9 Å². The van der Waals surface area contributed by atoms with Crippen LogP contribution in [0.5, 0.6) is 11.5 Å². The molecule has 0 radical (unpaired) electrons. The number of anilines is 1. The summed E-state index contributed by atoms with van der Waals surface area (Å²) in [5.74, 6) is 0.883. The van der Waals surface area contributed by atoms with Crippen molar-refractivity contribution in [2.45, 2.75) is 20.8 Å². The summed E-state index contributed by atoms with van der Waals surface area (Å²) in [6, 6.07) is 9.55. The van der Waals surface area contributed by atoms with Gasteiger partial charge in [-0.2, -0.15) is 0 Å². The monoisotopic (exact) mass is 394 g/mol. The standard InChI is InChI=1S/C23H26N2O4/c1-15-11-16(2)23(17(3)12-15)24-21(26)14-25(4)22(27)8-6-18-5-7-19-20(13-18)29-10-9-28-19/h5-8,11-13H,9-10,14H2,1-4H3,(H,24,26)/b8-6+. The summed E-state index contributed by atoms with van der Waals surface area (Å²) < 4.78 is 11.0. The molecule has 0 bridgehead atoms. The molecule has 1 aliphatic rings. The van der Waals surface area contributed by atoms with Crippen LogP contribution in [0, 0.1) is 20.8 Å². The van der Waals surface area contributed by atoms with Crippen LogP contribution in [0.3, 0.4) is 0 Å². The molecule has 1 aliphatic heterocycles. The van der Waals surface area contributed by atoms with Crippen LogP contribution in [0.4, 0.5) is 5.69 Å². The number of hydrogen-bond donors (Lipinski definition) is 1. The molecule has 0 fully saturated rings. The van der Waals surface area contributed by atoms with E-state index >= 15 is 0 Å². The fraction of sp³-hybridized carbons (Fsp3) is 0.304. The molecule has 29 heavy (non-hydrogen) atoms. The number of ether oxygens (including phenoxy) is 2. The van der Waals surface area contributed by atoms with E-state index in [1.54, 1.807) is 13.1 Å². The van der Waals surface area contributed by atoms with Gasteiger partial charge in [0.1, 0.15) is 13.2 Å². The normalized spacial score (nSPS) is 12.7. The van der Waals surface area contributed by atoms with Gasteiger partial charge in [0, 0.05) is 18.8 Å². The van der Waals surface area contributed by atoms with Crippen LogP contribution in [-0.2, 0) is 9.59 Å². The molecule has 1 N–H and O–H groups in total. The number of likely N-dealkylation sites (N-methyl/N-ethyl adjacent to an activating group) is 1. The largest absolute Gasteiger partial charge is 0.486 e. The van der Waals surface area contributed by atoms with Crippen molar-refractivity contribution in [3.63, 3.8) is 0 Å². The maximum atomic E-state index is 12.4. The van der Waals surface area contributed by atoms with Crippen molar-refractivity contribution in [3.05, 3.63) is 58.7 Å². The van der Waals surface area contributed by atoms with E-state index in [2.05, 4.69) is 5.32 Å². The van der Waals surface area contributed by atoms with Gasteiger partial charge in [0.2, 0.25) is 11.8 Å². The van der Waals surface area contributed by atoms with Gasteiger partial charge in [-0.3, -0.25) is 9.59 Å². The number of nitrogens with zero attached hydrogens (tertiary/aromatic N) is 1. The number of nitrogens with one attached hydrogen (secondary N) is 1. The zero-order valence-electron chi connectivity index (χ0n) is 17.2. The Bertz CT molecular complexity index is 942. The van der Waals surface area contributed by atoms with E-state index in [0.717, 1.165) is 27.9 Å². The van der Waals surface area contributed by atoms with Crippen LogP contribution >= 0.6 is 0 Å². The summed E-state index contributed by atoms with van der Waals surface area (Å²) in [7, 11) is 1.60. The molecule has 0 aliphatic carbocycles. The Morgan fingerprint density at radius 1 is 1.03 bits per heavy atom. The van der Waals surface area contributed by atoms with E-state index in [9.17, 15) is 9.59 Å². The third-order valence-corrected chi connectivity index (χ3v) is 4.68. The molecule has 0 aromatic heterocycles. The van der Waals surface area contributed by atoms with E-state index in [1.165, 1.54) is 11.0 Å². The van der Waals surface area contributed by atoms with Crippen LogP contribution < -0.4 is 14.8 Å². The lowest BCUT2D eigenvalue weighted by atomic mass is 10.1. The van der Waals surface area contributed by atoms with Gasteiger partial charge in [-0.05, 0) is 55.7 Å². The van der Waals surface area contributed by atoms with Crippen molar-refractivity contribution in [2.75, 3.05) is 32.1 Å². The van der Waals surface area contributed by atoms with E-state index in [4.69, 9.17) is 9.47 Å². The molecular formula is C23H26N2O4. The van der Waals surface area contributed by atoms with Crippen molar-refractivity contribution in [1.82, 2.24) is 4.90 Å². The van der Waals surface area contributed by atoms with E-state index in [0.29, 0.717) is 24.7 Å². The first-order valence-corrected chi connectivity index (χ1v) is 9.54. The average Bonchev–Trinajstić information content (AvgIpc) is 2.68. The van der Waals surface area contributed by atoms with Crippen molar-refractivity contribution in [2.24, 2.45) is 0 Å². The van der Waals surface area contributed by atoms with Gasteiger partial charge in [0.05, 0.1) is 6.54 Å². The Kier molecular flexibility index (Phi) is 6.22. The molecule has 0 saturated carbocycles. The van der Waals surface area contributed by atoms with Crippen molar-refractivity contribution >= 4 is 23.6 Å². The molecule has 152 valence electrons. The fourth-order valence-corrected chi connectivity index (χ4v) is 3.31. The predicted molar refractivity (Wildman–Crippen MR) is 113 cm³/mol. The minimum absolute atomic E-state index is 0.0307. The fourth-order valence-electron chi connectivity index (χ4n) is 3.31. The average molecular weight is 394 g/mol. The highest BCUT2D eigenvalue weighted by Crippen LogP contribution is 2.31. The zero-order chi connectivity index (χ0) is 21.0. The minimum Gasteiger partial charge on any atom is -0.486 e. The molecule has 6 nitrogen and oxygen atoms in total. The number of carbonyl (C=O) groups is 2. The van der Waals surface area contributed by atoms with Gasteiger partial charge < -0.3 is 19.7 Å². The highest BCUT2D eigenvalue weighted by atomic mass is 16.6. The second kappa shape index (κ2) is 8.82. The van der Waals surface area contributed by atoms with Crippen molar-refractivity contribution < 1.29 is 19.1 Å². The smallest absolute Gasteiger partial charge is 0.246 e. The summed E-state index contributed by atoms with van der Waals surface area (Å²) in [6.07, 6.45) is 3.14. The van der Waals surface area contributed by atoms with E-state index < -0.39 is 0 Å². The Labute approximate surface area is 171 Å². The SMILES string of the molecule is Cc1cc(C)c(NC(=O)CN(C)C(=O)/C=C/c2ccc3c(c2)OCCO3)c(C)c1. The maximum Gasteiger partial charge on any atom is 0.246 e. The second-order valence-corrected chi connectivity index (χ2v) is 7.25. The zero-order valence-corrected chi connectivity index (χ0v) is 17.2. The first kappa shape index (κ1) is 20.5. The highest BCUT2D eigenvalue weighted by molar-refractivity contribution is 5.98. The molecule has 0 saturated heterocycles. The lowest BCUT2D eigenvalue weighted by Gasteiger charge is -2.18. The Morgan fingerprint density at radius 2 is 1.69 bits per heavy atom. The summed E-state index contributed by atoms with van der Waals surface area (Å²) >= 11 is 0. The number of fused-ring (bicyclic) bond motifs is 1. The summed E-state index contributed by atoms with van der Waals surface area (Å²) in [5.41, 5.74) is 4.78. The molecule has 2 aromatic carbocycles. The molecule has 2 amide bonds. The third-order valence-electron chi connectivity index (χ3n) is 4.68. The second-order valence-electron chi connectivity index (χ2n) is 7.25.